The van der Waals surface area contributed by atoms with Crippen LogP contribution in [0.3, 0.4) is 0 Å². The molecule has 0 saturated carbocycles. The van der Waals surface area contributed by atoms with E-state index in [-0.39, 0.29) is 16.5 Å². The fraction of sp³-hybridized carbons (Fsp3) is 0.111. The number of hydrogen-bond donors (Lipinski definition) is 2. The van der Waals surface area contributed by atoms with E-state index in [0.717, 1.165) is 0 Å². The number of sulfone groups is 1. The van der Waals surface area contributed by atoms with E-state index in [1.807, 2.05) is 0 Å². The van der Waals surface area contributed by atoms with Crippen molar-refractivity contribution in [1.29, 1.82) is 0 Å². The summed E-state index contributed by atoms with van der Waals surface area (Å²) in [6, 6.07) is 14.1. The van der Waals surface area contributed by atoms with Gasteiger partial charge < -0.3 is 10.6 Å². The highest BCUT2D eigenvalue weighted by Crippen LogP contribution is 2.22. The van der Waals surface area contributed by atoms with E-state index in [4.69, 9.17) is 0 Å². The van der Waals surface area contributed by atoms with E-state index in [2.05, 4.69) is 20.6 Å². The summed E-state index contributed by atoms with van der Waals surface area (Å²) >= 11 is 0. The Morgan fingerprint density at radius 1 is 0.923 bits per heavy atom. The second kappa shape index (κ2) is 7.49. The van der Waals surface area contributed by atoms with Crippen molar-refractivity contribution in [2.75, 3.05) is 16.4 Å². The molecule has 3 aromatic rings. The van der Waals surface area contributed by atoms with Gasteiger partial charge >= 0.3 is 0 Å². The Kier molecular flexibility index (Phi) is 5.13. The highest BCUT2D eigenvalue weighted by molar-refractivity contribution is 7.91. The third kappa shape index (κ3) is 4.34. The van der Waals surface area contributed by atoms with E-state index in [9.17, 15) is 12.8 Å². The molecule has 0 radical (unpaired) electrons. The molecule has 2 N–H and O–H groups in total. The molecule has 6 nitrogen and oxygen atoms in total. The molecule has 134 valence electrons. The van der Waals surface area contributed by atoms with E-state index < -0.39 is 9.84 Å². The molecule has 0 amide bonds. The SMILES string of the molecule is CCS(=O)(=O)c1cccc(Nc2cc(Nc3ccc(F)cc3)ncn2)c1. The minimum Gasteiger partial charge on any atom is -0.340 e. The average molecular weight is 372 g/mol. The first-order chi connectivity index (χ1) is 12.5. The van der Waals surface area contributed by atoms with Gasteiger partial charge in [-0.2, -0.15) is 0 Å². The fourth-order valence-electron chi connectivity index (χ4n) is 2.26. The van der Waals surface area contributed by atoms with E-state index in [1.165, 1.54) is 18.5 Å². The third-order valence-corrected chi connectivity index (χ3v) is 5.36. The van der Waals surface area contributed by atoms with Crippen molar-refractivity contribution in [1.82, 2.24) is 9.97 Å². The largest absolute Gasteiger partial charge is 0.340 e. The summed E-state index contributed by atoms with van der Waals surface area (Å²) in [6.07, 6.45) is 1.38. The van der Waals surface area contributed by atoms with Crippen molar-refractivity contribution in [3.63, 3.8) is 0 Å². The predicted octanol–water partition coefficient (Wildman–Crippen LogP) is 3.90. The zero-order chi connectivity index (χ0) is 18.6. The van der Waals surface area contributed by atoms with Crippen molar-refractivity contribution >= 4 is 32.8 Å². The maximum Gasteiger partial charge on any atom is 0.178 e. The maximum absolute atomic E-state index is 13.0. The first-order valence-corrected chi connectivity index (χ1v) is 9.56. The topological polar surface area (TPSA) is 84.0 Å². The first kappa shape index (κ1) is 17.8. The Balaban J connectivity index is 1.79. The third-order valence-electron chi connectivity index (χ3n) is 3.63. The summed E-state index contributed by atoms with van der Waals surface area (Å²) in [5.41, 5.74) is 1.29. The van der Waals surface area contributed by atoms with Crippen molar-refractivity contribution < 1.29 is 12.8 Å². The average Bonchev–Trinajstić information content (AvgIpc) is 2.64. The molecule has 8 heteroatoms. The Morgan fingerprint density at radius 3 is 2.23 bits per heavy atom. The summed E-state index contributed by atoms with van der Waals surface area (Å²) in [6.45, 7) is 1.60. The monoisotopic (exact) mass is 372 g/mol. The highest BCUT2D eigenvalue weighted by Gasteiger charge is 2.12. The Hall–Kier alpha value is -3.00. The summed E-state index contributed by atoms with van der Waals surface area (Å²) < 4.78 is 37.0. The molecule has 0 aliphatic heterocycles. The van der Waals surface area contributed by atoms with Crippen molar-refractivity contribution in [3.8, 4) is 0 Å². The molecular weight excluding hydrogens is 355 g/mol. The van der Waals surface area contributed by atoms with Crippen LogP contribution in [-0.2, 0) is 9.84 Å². The summed E-state index contributed by atoms with van der Waals surface area (Å²) in [5, 5.41) is 6.11. The normalized spacial score (nSPS) is 11.2. The van der Waals surface area contributed by atoms with Gasteiger partial charge in [0.05, 0.1) is 10.6 Å². The molecule has 0 spiro atoms. The van der Waals surface area contributed by atoms with Gasteiger partial charge in [-0.1, -0.05) is 13.0 Å². The van der Waals surface area contributed by atoms with E-state index in [0.29, 0.717) is 23.0 Å². The van der Waals surface area contributed by atoms with Crippen LogP contribution in [0.15, 0.2) is 65.8 Å². The van der Waals surface area contributed by atoms with Gasteiger partial charge in [0.1, 0.15) is 23.8 Å². The second-order valence-electron chi connectivity index (χ2n) is 5.48. The Bertz CT molecular complexity index is 1010. The van der Waals surface area contributed by atoms with Crippen molar-refractivity contribution in [3.05, 3.63) is 66.7 Å². The molecular formula is C18H17FN4O2S. The predicted molar refractivity (Wildman–Crippen MR) is 99.2 cm³/mol. The quantitative estimate of drug-likeness (QED) is 0.683. The summed E-state index contributed by atoms with van der Waals surface area (Å²) in [7, 11) is -3.28. The van der Waals surface area contributed by atoms with Crippen LogP contribution in [-0.4, -0.2) is 24.1 Å². The van der Waals surface area contributed by atoms with Crippen LogP contribution in [0.1, 0.15) is 6.92 Å². The standard InChI is InChI=1S/C18H17FN4O2S/c1-2-26(24,25)16-5-3-4-15(10-16)23-18-11-17(20-12-21-18)22-14-8-6-13(19)7-9-14/h3-12H,2H2,1H3,(H2,20,21,22,23). The van der Waals surface area contributed by atoms with Gasteiger partial charge in [-0.3, -0.25) is 0 Å². The van der Waals surface area contributed by atoms with Crippen LogP contribution in [0.2, 0.25) is 0 Å². The molecule has 0 bridgehead atoms. The van der Waals surface area contributed by atoms with Crippen LogP contribution < -0.4 is 10.6 Å². The van der Waals surface area contributed by atoms with Gasteiger partial charge in [-0.15, -0.1) is 0 Å². The second-order valence-corrected chi connectivity index (χ2v) is 7.75. The van der Waals surface area contributed by atoms with Crippen molar-refractivity contribution in [2.45, 2.75) is 11.8 Å². The Labute approximate surface area is 151 Å². The molecule has 2 aromatic carbocycles. The lowest BCUT2D eigenvalue weighted by atomic mass is 10.3. The van der Waals surface area contributed by atoms with E-state index >= 15 is 0 Å². The number of aromatic nitrogens is 2. The molecule has 1 heterocycles. The highest BCUT2D eigenvalue weighted by atomic mass is 32.2. The lowest BCUT2D eigenvalue weighted by Gasteiger charge is -2.10. The van der Waals surface area contributed by atoms with Gasteiger partial charge in [0.15, 0.2) is 9.84 Å². The number of rotatable bonds is 6. The van der Waals surface area contributed by atoms with E-state index in [1.54, 1.807) is 49.4 Å². The summed E-state index contributed by atoms with van der Waals surface area (Å²) in [5.74, 6) is 0.736. The van der Waals surface area contributed by atoms with Crippen LogP contribution in [0.25, 0.3) is 0 Å². The maximum atomic E-state index is 13.0. The minimum absolute atomic E-state index is 0.0374. The van der Waals surface area contributed by atoms with Crippen LogP contribution >= 0.6 is 0 Å². The van der Waals surface area contributed by atoms with Gasteiger partial charge in [0.2, 0.25) is 0 Å². The van der Waals surface area contributed by atoms with Gasteiger partial charge in [0, 0.05) is 17.4 Å². The number of nitrogens with one attached hydrogen (secondary N) is 2. The van der Waals surface area contributed by atoms with Gasteiger partial charge in [0.25, 0.3) is 0 Å². The lowest BCUT2D eigenvalue weighted by molar-refractivity contribution is 0.597. The zero-order valence-corrected chi connectivity index (χ0v) is 14.8. The Morgan fingerprint density at radius 2 is 1.58 bits per heavy atom. The first-order valence-electron chi connectivity index (χ1n) is 7.91. The number of halogens is 1. The molecule has 3 rings (SSSR count). The van der Waals surface area contributed by atoms with Crippen molar-refractivity contribution in [2.24, 2.45) is 0 Å². The molecule has 1 aromatic heterocycles. The van der Waals surface area contributed by atoms with Crippen LogP contribution in [0, 0.1) is 5.82 Å². The van der Waals surface area contributed by atoms with Crippen LogP contribution in [0.4, 0.5) is 27.4 Å². The van der Waals surface area contributed by atoms with Gasteiger partial charge in [-0.25, -0.2) is 22.8 Å². The molecule has 0 unspecified atom stereocenters. The molecule has 0 aliphatic carbocycles. The lowest BCUT2D eigenvalue weighted by Crippen LogP contribution is -2.04. The summed E-state index contributed by atoms with van der Waals surface area (Å²) in [4.78, 5) is 8.50. The van der Waals surface area contributed by atoms with Crippen LogP contribution in [0.5, 0.6) is 0 Å². The number of benzene rings is 2. The zero-order valence-electron chi connectivity index (χ0n) is 14.0. The molecule has 26 heavy (non-hydrogen) atoms. The number of anilines is 4. The van der Waals surface area contributed by atoms with Gasteiger partial charge in [-0.05, 0) is 42.5 Å². The number of hydrogen-bond acceptors (Lipinski definition) is 6. The molecule has 0 aliphatic rings. The fourth-order valence-corrected chi connectivity index (χ4v) is 3.18. The molecule has 0 fully saturated rings. The smallest absolute Gasteiger partial charge is 0.178 e. The number of nitrogens with zero attached hydrogens (tertiary/aromatic N) is 2. The molecule has 0 saturated heterocycles. The molecule has 0 atom stereocenters. The minimum atomic E-state index is -3.28.